The third kappa shape index (κ3) is 3.26. The minimum Gasteiger partial charge on any atom is -0.466 e. The van der Waals surface area contributed by atoms with Gasteiger partial charge in [0.15, 0.2) is 5.82 Å². The van der Waals surface area contributed by atoms with Gasteiger partial charge in [0.2, 0.25) is 0 Å². The molecule has 0 unspecified atom stereocenters. The van der Waals surface area contributed by atoms with Gasteiger partial charge >= 0.3 is 0 Å². The lowest BCUT2D eigenvalue weighted by Crippen LogP contribution is -2.17. The minimum atomic E-state index is -0.300. The topological polar surface area (TPSA) is 85.6 Å². The molecule has 7 heteroatoms. The first-order chi connectivity index (χ1) is 11.9. The zero-order valence-corrected chi connectivity index (χ0v) is 14.9. The number of carbonyl (C=O) groups is 1. The molecule has 1 amide bonds. The molecule has 130 valence electrons. The predicted molar refractivity (Wildman–Crippen MR) is 93.3 cm³/mol. The van der Waals surface area contributed by atoms with Gasteiger partial charge in [0, 0.05) is 23.0 Å². The number of hydrogen-bond donors (Lipinski definition) is 1. The average Bonchev–Trinajstić information content (AvgIpc) is 3.18. The molecule has 0 aliphatic heterocycles. The number of furan rings is 1. The zero-order valence-electron chi connectivity index (χ0n) is 14.9. The lowest BCUT2D eigenvalue weighted by Gasteiger charge is -2.03. The van der Waals surface area contributed by atoms with Gasteiger partial charge in [0.05, 0.1) is 11.8 Å². The standard InChI is InChI=1S/C18H20N4O3/c1-10-6-15(13(4)22(10)17-8-12(3)25-21-17)9-19-20-18(23)16-7-11(2)24-14(16)5/h6-9H,1-5H3,(H,20,23)/b19-9-. The molecule has 0 atom stereocenters. The predicted octanol–water partition coefficient (Wildman–Crippen LogP) is 3.36. The van der Waals surface area contributed by atoms with E-state index in [1.165, 1.54) is 0 Å². The number of hydrogen-bond acceptors (Lipinski definition) is 5. The Morgan fingerprint density at radius 2 is 1.92 bits per heavy atom. The molecule has 3 aromatic heterocycles. The van der Waals surface area contributed by atoms with Crippen LogP contribution in [0.25, 0.3) is 5.82 Å². The van der Waals surface area contributed by atoms with Crippen LogP contribution >= 0.6 is 0 Å². The van der Waals surface area contributed by atoms with E-state index in [0.717, 1.165) is 28.5 Å². The van der Waals surface area contributed by atoms with Gasteiger partial charge in [-0.2, -0.15) is 5.10 Å². The van der Waals surface area contributed by atoms with Crippen molar-refractivity contribution in [3.8, 4) is 5.82 Å². The Kier molecular flexibility index (Phi) is 4.31. The zero-order chi connectivity index (χ0) is 18.1. The Morgan fingerprint density at radius 1 is 1.16 bits per heavy atom. The number of hydrazone groups is 1. The lowest BCUT2D eigenvalue weighted by atomic mass is 10.2. The van der Waals surface area contributed by atoms with Gasteiger partial charge in [0.1, 0.15) is 17.3 Å². The van der Waals surface area contributed by atoms with Crippen LogP contribution in [0.5, 0.6) is 0 Å². The molecule has 3 heterocycles. The van der Waals surface area contributed by atoms with Gasteiger partial charge in [0.25, 0.3) is 5.91 Å². The first-order valence-electron chi connectivity index (χ1n) is 7.90. The summed E-state index contributed by atoms with van der Waals surface area (Å²) in [7, 11) is 0. The van der Waals surface area contributed by atoms with Crippen LogP contribution in [-0.2, 0) is 0 Å². The molecule has 0 aromatic carbocycles. The summed E-state index contributed by atoms with van der Waals surface area (Å²) < 4.78 is 12.5. The van der Waals surface area contributed by atoms with Gasteiger partial charge < -0.3 is 8.94 Å². The monoisotopic (exact) mass is 340 g/mol. The van der Waals surface area contributed by atoms with Gasteiger partial charge in [-0.1, -0.05) is 5.16 Å². The van der Waals surface area contributed by atoms with Gasteiger partial charge in [-0.25, -0.2) is 5.43 Å². The fraction of sp³-hybridized carbons (Fsp3) is 0.278. The number of rotatable bonds is 4. The fourth-order valence-corrected chi connectivity index (χ4v) is 2.81. The third-order valence-electron chi connectivity index (χ3n) is 3.97. The quantitative estimate of drug-likeness (QED) is 0.583. The molecule has 0 aliphatic rings. The van der Waals surface area contributed by atoms with E-state index in [0.29, 0.717) is 17.1 Å². The summed E-state index contributed by atoms with van der Waals surface area (Å²) in [5.74, 6) is 2.44. The maximum absolute atomic E-state index is 12.1. The Morgan fingerprint density at radius 3 is 2.52 bits per heavy atom. The highest BCUT2D eigenvalue weighted by Crippen LogP contribution is 2.19. The Balaban J connectivity index is 1.78. The van der Waals surface area contributed by atoms with E-state index >= 15 is 0 Å². The summed E-state index contributed by atoms with van der Waals surface area (Å²) in [6.45, 7) is 9.34. The van der Waals surface area contributed by atoms with Crippen LogP contribution in [0.1, 0.15) is 44.6 Å². The highest BCUT2D eigenvalue weighted by atomic mass is 16.5. The SMILES string of the molecule is Cc1cc(-n2c(C)cc(/C=N\NC(=O)c3cc(C)oc3C)c2C)no1. The van der Waals surface area contributed by atoms with Crippen molar-refractivity contribution in [1.29, 1.82) is 0 Å². The summed E-state index contributed by atoms with van der Waals surface area (Å²) >= 11 is 0. The van der Waals surface area contributed by atoms with Crippen LogP contribution in [0.15, 0.2) is 32.2 Å². The number of nitrogens with zero attached hydrogens (tertiary/aromatic N) is 3. The molecule has 0 spiro atoms. The van der Waals surface area contributed by atoms with Gasteiger partial charge in [-0.15, -0.1) is 0 Å². The molecule has 3 aromatic rings. The first kappa shape index (κ1) is 16.8. The van der Waals surface area contributed by atoms with Gasteiger partial charge in [-0.05, 0) is 46.8 Å². The summed E-state index contributed by atoms with van der Waals surface area (Å²) in [6, 6.07) is 5.54. The molecule has 7 nitrogen and oxygen atoms in total. The van der Waals surface area contributed by atoms with E-state index in [2.05, 4.69) is 15.7 Å². The first-order valence-corrected chi connectivity index (χ1v) is 7.90. The second kappa shape index (κ2) is 6.43. The molecule has 0 fully saturated rings. The third-order valence-corrected chi connectivity index (χ3v) is 3.97. The van der Waals surface area contributed by atoms with E-state index in [-0.39, 0.29) is 5.91 Å². The van der Waals surface area contributed by atoms with E-state index in [9.17, 15) is 4.79 Å². The van der Waals surface area contributed by atoms with Crippen molar-refractivity contribution in [1.82, 2.24) is 15.1 Å². The summed E-state index contributed by atoms with van der Waals surface area (Å²) in [5.41, 5.74) is 5.86. The van der Waals surface area contributed by atoms with E-state index in [4.69, 9.17) is 8.94 Å². The number of aromatic nitrogens is 2. The van der Waals surface area contributed by atoms with Crippen molar-refractivity contribution in [2.24, 2.45) is 5.10 Å². The van der Waals surface area contributed by atoms with Crippen molar-refractivity contribution >= 4 is 12.1 Å². The molecule has 25 heavy (non-hydrogen) atoms. The molecule has 1 N–H and O–H groups in total. The molecule has 0 aliphatic carbocycles. The van der Waals surface area contributed by atoms with Crippen molar-refractivity contribution < 1.29 is 13.7 Å². The summed E-state index contributed by atoms with van der Waals surface area (Å²) in [5, 5.41) is 8.10. The van der Waals surface area contributed by atoms with Crippen molar-refractivity contribution in [2.45, 2.75) is 34.6 Å². The van der Waals surface area contributed by atoms with Crippen LogP contribution in [0.3, 0.4) is 0 Å². The largest absolute Gasteiger partial charge is 0.466 e. The van der Waals surface area contributed by atoms with E-state index in [1.807, 2.05) is 37.5 Å². The van der Waals surface area contributed by atoms with Crippen molar-refractivity contribution in [3.05, 3.63) is 58.0 Å². The molecule has 0 saturated carbocycles. The smallest absolute Gasteiger partial charge is 0.274 e. The van der Waals surface area contributed by atoms with E-state index < -0.39 is 0 Å². The number of amides is 1. The maximum atomic E-state index is 12.1. The van der Waals surface area contributed by atoms with Crippen molar-refractivity contribution in [3.63, 3.8) is 0 Å². The highest BCUT2D eigenvalue weighted by molar-refractivity contribution is 5.96. The van der Waals surface area contributed by atoms with Crippen LogP contribution in [0, 0.1) is 34.6 Å². The minimum absolute atomic E-state index is 0.300. The second-order valence-corrected chi connectivity index (χ2v) is 5.98. The number of nitrogens with one attached hydrogen (secondary N) is 1. The lowest BCUT2D eigenvalue weighted by molar-refractivity contribution is 0.0953. The summed E-state index contributed by atoms with van der Waals surface area (Å²) in [4.78, 5) is 12.1. The average molecular weight is 340 g/mol. The number of aryl methyl sites for hydroxylation is 4. The molecule has 0 saturated heterocycles. The Hall–Kier alpha value is -3.09. The van der Waals surface area contributed by atoms with E-state index in [1.54, 1.807) is 26.1 Å². The Labute approximate surface area is 145 Å². The molecule has 0 bridgehead atoms. The molecular weight excluding hydrogens is 320 g/mol. The highest BCUT2D eigenvalue weighted by Gasteiger charge is 2.14. The van der Waals surface area contributed by atoms with Crippen LogP contribution in [-0.4, -0.2) is 21.8 Å². The normalized spacial score (nSPS) is 11.4. The van der Waals surface area contributed by atoms with Crippen LogP contribution in [0.2, 0.25) is 0 Å². The molecule has 3 rings (SSSR count). The molecule has 0 radical (unpaired) electrons. The van der Waals surface area contributed by atoms with Crippen LogP contribution in [0.4, 0.5) is 0 Å². The molecular formula is C18H20N4O3. The van der Waals surface area contributed by atoms with Crippen LogP contribution < -0.4 is 5.43 Å². The Bertz CT molecular complexity index is 959. The summed E-state index contributed by atoms with van der Waals surface area (Å²) in [6.07, 6.45) is 1.62. The maximum Gasteiger partial charge on any atom is 0.274 e. The number of carbonyl (C=O) groups excluding carboxylic acids is 1. The van der Waals surface area contributed by atoms with Gasteiger partial charge in [-0.3, -0.25) is 9.36 Å². The second-order valence-electron chi connectivity index (χ2n) is 5.98. The van der Waals surface area contributed by atoms with Crippen molar-refractivity contribution in [2.75, 3.05) is 0 Å². The fourth-order valence-electron chi connectivity index (χ4n) is 2.81.